The monoisotopic (exact) mass is 419 g/mol. The minimum absolute atomic E-state index is 0.137. The van der Waals surface area contributed by atoms with E-state index in [0.717, 1.165) is 53.2 Å². The molecule has 2 aliphatic heterocycles. The molecule has 4 aromatic rings. The largest absolute Gasteiger partial charge is 0.491 e. The Labute approximate surface area is 177 Å². The summed E-state index contributed by atoms with van der Waals surface area (Å²) in [6.07, 6.45) is 2.35. The molecule has 0 unspecified atom stereocenters. The van der Waals surface area contributed by atoms with Gasteiger partial charge in [-0.3, -0.25) is 0 Å². The number of carboxylic acid groups (broad SMARTS) is 1. The van der Waals surface area contributed by atoms with E-state index in [0.29, 0.717) is 30.7 Å². The van der Waals surface area contributed by atoms with Gasteiger partial charge in [-0.1, -0.05) is 0 Å². The van der Waals surface area contributed by atoms with Crippen molar-refractivity contribution in [2.24, 2.45) is 0 Å². The number of ether oxygens (including phenoxy) is 1. The number of hydrogen-bond acceptors (Lipinski definition) is 7. The highest BCUT2D eigenvalue weighted by Gasteiger charge is 2.32. The van der Waals surface area contributed by atoms with Gasteiger partial charge in [-0.05, 0) is 43.5 Å². The van der Waals surface area contributed by atoms with Crippen LogP contribution in [0.3, 0.4) is 0 Å². The van der Waals surface area contributed by atoms with Crippen LogP contribution >= 0.6 is 0 Å². The first-order chi connectivity index (χ1) is 15.1. The van der Waals surface area contributed by atoms with E-state index in [1.165, 1.54) is 0 Å². The van der Waals surface area contributed by atoms with Crippen LogP contribution in [0.2, 0.25) is 0 Å². The van der Waals surface area contributed by atoms with Crippen molar-refractivity contribution < 1.29 is 19.1 Å². The number of carbonyl (C=O) groups is 1. The predicted molar refractivity (Wildman–Crippen MR) is 115 cm³/mol. The van der Waals surface area contributed by atoms with E-state index < -0.39 is 12.0 Å². The van der Waals surface area contributed by atoms with Gasteiger partial charge in [-0.2, -0.15) is 4.98 Å². The Balaban J connectivity index is 1.53. The number of nitrogens with two attached hydrogens (primary N) is 1. The molecule has 0 radical (unpaired) electrons. The molecule has 2 aromatic carbocycles. The van der Waals surface area contributed by atoms with E-state index in [9.17, 15) is 9.90 Å². The van der Waals surface area contributed by atoms with Gasteiger partial charge in [0.25, 0.3) is 6.01 Å². The van der Waals surface area contributed by atoms with E-state index in [1.807, 2.05) is 35.2 Å². The number of carboxylic acids is 1. The number of aliphatic carboxylic acids is 1. The van der Waals surface area contributed by atoms with Crippen LogP contribution in [0.5, 0.6) is 5.75 Å². The zero-order valence-corrected chi connectivity index (χ0v) is 16.7. The fraction of sp³-hybridized carbons (Fsp3) is 0.318. The molecule has 1 fully saturated rings. The van der Waals surface area contributed by atoms with Crippen molar-refractivity contribution in [3.8, 4) is 17.1 Å². The lowest BCUT2D eigenvalue weighted by molar-refractivity contribution is -0.138. The van der Waals surface area contributed by atoms with Crippen LogP contribution < -0.4 is 15.4 Å². The lowest BCUT2D eigenvalue weighted by atomic mass is 10.2. The number of benzene rings is 2. The number of nitrogens with zero attached hydrogens (tertiary/aromatic N) is 4. The van der Waals surface area contributed by atoms with Crippen molar-refractivity contribution in [2.45, 2.75) is 31.8 Å². The molecule has 1 saturated heterocycles. The molecule has 0 bridgehead atoms. The Morgan fingerprint density at radius 3 is 2.90 bits per heavy atom. The number of hydrogen-bond donors (Lipinski definition) is 2. The molecular formula is C22H21N5O4. The number of aryl methyl sites for hydroxylation is 1. The second-order valence-corrected chi connectivity index (χ2v) is 8.02. The van der Waals surface area contributed by atoms with Gasteiger partial charge in [0.1, 0.15) is 28.6 Å². The maximum Gasteiger partial charge on any atom is 0.326 e. The third-order valence-corrected chi connectivity index (χ3v) is 6.11. The summed E-state index contributed by atoms with van der Waals surface area (Å²) >= 11 is 0. The van der Waals surface area contributed by atoms with Crippen molar-refractivity contribution in [1.82, 2.24) is 14.5 Å². The smallest absolute Gasteiger partial charge is 0.326 e. The molecule has 9 heteroatoms. The number of oxazole rings is 1. The zero-order chi connectivity index (χ0) is 21.1. The maximum absolute atomic E-state index is 11.7. The number of anilines is 2. The summed E-state index contributed by atoms with van der Waals surface area (Å²) in [7, 11) is 0. The Morgan fingerprint density at radius 1 is 1.13 bits per heavy atom. The van der Waals surface area contributed by atoms with Gasteiger partial charge in [-0.15, -0.1) is 0 Å². The summed E-state index contributed by atoms with van der Waals surface area (Å²) in [5.41, 5.74) is 10.5. The second-order valence-electron chi connectivity index (χ2n) is 8.02. The topological polar surface area (TPSA) is 120 Å². The van der Waals surface area contributed by atoms with Crippen molar-refractivity contribution in [3.05, 3.63) is 30.3 Å². The minimum Gasteiger partial charge on any atom is -0.491 e. The molecule has 0 aliphatic carbocycles. The van der Waals surface area contributed by atoms with Gasteiger partial charge >= 0.3 is 5.97 Å². The van der Waals surface area contributed by atoms with E-state index in [2.05, 4.69) is 9.55 Å². The summed E-state index contributed by atoms with van der Waals surface area (Å²) in [6, 6.07) is 9.27. The highest BCUT2D eigenvalue weighted by Crippen LogP contribution is 2.39. The van der Waals surface area contributed by atoms with Crippen LogP contribution in [-0.4, -0.2) is 44.8 Å². The van der Waals surface area contributed by atoms with E-state index in [-0.39, 0.29) is 6.01 Å². The molecule has 2 aliphatic rings. The van der Waals surface area contributed by atoms with Crippen LogP contribution in [0.4, 0.5) is 11.7 Å². The standard InChI is InChI=1S/C22H21N5O4/c23-22-25-14-9-12(4-5-17(14)31-22)20-24-15-10-13(26-6-1-3-16(26)21(28)29)11-18-19(15)27(20)7-2-8-30-18/h4-5,9-11,16H,1-3,6-8H2,(H2,23,25)(H,28,29)/t16-/m0/s1. The molecule has 158 valence electrons. The fourth-order valence-electron chi connectivity index (χ4n) is 4.75. The number of imidazole rings is 1. The Kier molecular flexibility index (Phi) is 3.86. The SMILES string of the molecule is Nc1nc2cc(-c3nc4cc(N5CCC[C@H]5C(=O)O)cc5c4n3CCCO5)ccc2o1. The molecule has 9 nitrogen and oxygen atoms in total. The normalized spacial score (nSPS) is 18.5. The van der Waals surface area contributed by atoms with E-state index in [1.54, 1.807) is 0 Å². The third kappa shape index (κ3) is 2.80. The quantitative estimate of drug-likeness (QED) is 0.519. The molecule has 1 atom stereocenters. The van der Waals surface area contributed by atoms with Crippen molar-refractivity contribution in [3.63, 3.8) is 0 Å². The first kappa shape index (κ1) is 18.1. The number of rotatable bonds is 3. The van der Waals surface area contributed by atoms with Gasteiger partial charge in [0.05, 0.1) is 12.1 Å². The zero-order valence-electron chi connectivity index (χ0n) is 16.7. The van der Waals surface area contributed by atoms with Gasteiger partial charge in [-0.25, -0.2) is 9.78 Å². The molecule has 6 rings (SSSR count). The van der Waals surface area contributed by atoms with Crippen molar-refractivity contribution in [1.29, 1.82) is 0 Å². The molecule has 0 spiro atoms. The number of aromatic nitrogens is 3. The average molecular weight is 419 g/mol. The average Bonchev–Trinajstić information content (AvgIpc) is 3.42. The van der Waals surface area contributed by atoms with Gasteiger partial charge in [0, 0.05) is 30.4 Å². The van der Waals surface area contributed by atoms with Crippen LogP contribution in [0, 0.1) is 0 Å². The highest BCUT2D eigenvalue weighted by atomic mass is 16.5. The third-order valence-electron chi connectivity index (χ3n) is 6.11. The Morgan fingerprint density at radius 2 is 2.03 bits per heavy atom. The van der Waals surface area contributed by atoms with Crippen molar-refractivity contribution in [2.75, 3.05) is 23.8 Å². The Hall–Kier alpha value is -3.75. The minimum atomic E-state index is -0.796. The summed E-state index contributed by atoms with van der Waals surface area (Å²) in [5.74, 6) is 0.765. The molecular weight excluding hydrogens is 398 g/mol. The molecule has 2 aromatic heterocycles. The molecule has 3 N–H and O–H groups in total. The first-order valence-electron chi connectivity index (χ1n) is 10.4. The summed E-state index contributed by atoms with van der Waals surface area (Å²) in [6.45, 7) is 2.08. The van der Waals surface area contributed by atoms with Gasteiger partial charge < -0.3 is 29.5 Å². The lowest BCUT2D eigenvalue weighted by Gasteiger charge is -2.24. The maximum atomic E-state index is 11.7. The van der Waals surface area contributed by atoms with Crippen LogP contribution in [0.15, 0.2) is 34.7 Å². The molecule has 0 amide bonds. The van der Waals surface area contributed by atoms with E-state index in [4.69, 9.17) is 19.9 Å². The van der Waals surface area contributed by atoms with Crippen LogP contribution in [0.25, 0.3) is 33.5 Å². The summed E-state index contributed by atoms with van der Waals surface area (Å²) < 4.78 is 13.6. The van der Waals surface area contributed by atoms with Crippen LogP contribution in [-0.2, 0) is 11.3 Å². The molecule has 4 heterocycles. The highest BCUT2D eigenvalue weighted by molar-refractivity contribution is 5.92. The number of nitrogen functional groups attached to an aromatic ring is 1. The fourth-order valence-corrected chi connectivity index (χ4v) is 4.75. The van der Waals surface area contributed by atoms with E-state index >= 15 is 0 Å². The van der Waals surface area contributed by atoms with Gasteiger partial charge in [0.15, 0.2) is 5.58 Å². The number of fused-ring (bicyclic) bond motifs is 1. The predicted octanol–water partition coefficient (Wildman–Crippen LogP) is 3.26. The van der Waals surface area contributed by atoms with Crippen molar-refractivity contribution >= 4 is 39.8 Å². The lowest BCUT2D eigenvalue weighted by Crippen LogP contribution is -2.35. The molecule has 31 heavy (non-hydrogen) atoms. The summed E-state index contributed by atoms with van der Waals surface area (Å²) in [5, 5.41) is 9.61. The Bertz CT molecular complexity index is 1340. The van der Waals surface area contributed by atoms with Crippen LogP contribution in [0.1, 0.15) is 19.3 Å². The first-order valence-corrected chi connectivity index (χ1v) is 10.4. The van der Waals surface area contributed by atoms with Gasteiger partial charge in [0.2, 0.25) is 0 Å². The molecule has 0 saturated carbocycles. The second kappa shape index (κ2) is 6.63. The summed E-state index contributed by atoms with van der Waals surface area (Å²) in [4.78, 5) is 22.8.